The third-order valence-corrected chi connectivity index (χ3v) is 8.06. The molecule has 5 aromatic rings. The Kier molecular flexibility index (Phi) is 9.42. The van der Waals surface area contributed by atoms with Crippen LogP contribution in [0.5, 0.6) is 0 Å². The molecule has 0 bridgehead atoms. The second kappa shape index (κ2) is 12.4. The molecular weight excluding hydrogens is 707 g/mol. The fourth-order valence-corrected chi connectivity index (χ4v) is 5.67. The molecule has 6 rings (SSSR count). The first kappa shape index (κ1) is 32.7. The molecule has 0 aliphatic carbocycles. The van der Waals surface area contributed by atoms with Gasteiger partial charge >= 0.3 is 0 Å². The predicted octanol–water partition coefficient (Wildman–Crippen LogP) is 10.4. The van der Waals surface area contributed by atoms with E-state index in [4.69, 9.17) is 4.98 Å². The van der Waals surface area contributed by atoms with Crippen molar-refractivity contribution in [1.82, 2.24) is 4.98 Å². The summed E-state index contributed by atoms with van der Waals surface area (Å²) in [6.07, 6.45) is 4.23. The first-order valence-electron chi connectivity index (χ1n) is 15.0. The van der Waals surface area contributed by atoms with Crippen LogP contribution in [0, 0.1) is 34.4 Å². The van der Waals surface area contributed by atoms with E-state index < -0.39 is 0 Å². The number of anilines is 2. The summed E-state index contributed by atoms with van der Waals surface area (Å²) in [6, 6.07) is 26.4. The van der Waals surface area contributed by atoms with Gasteiger partial charge in [0.1, 0.15) is 0 Å². The van der Waals surface area contributed by atoms with Crippen molar-refractivity contribution < 1.29 is 22.4 Å². The maximum absolute atomic E-state index is 4.80. The number of hydrogen-bond acceptors (Lipinski definition) is 2. The molecular formula is C39H45AuN3-2. The quantitative estimate of drug-likeness (QED) is 0.132. The van der Waals surface area contributed by atoms with Crippen molar-refractivity contribution in [3.05, 3.63) is 125 Å². The van der Waals surface area contributed by atoms with E-state index in [1.165, 1.54) is 55.5 Å². The molecule has 0 atom stereocenters. The minimum Gasteiger partial charge on any atom is -0.656 e. The molecule has 2 heterocycles. The number of nitrogens with zero attached hydrogens (tertiary/aromatic N) is 3. The molecule has 1 aliphatic rings. The Balaban J connectivity index is 0.000000205. The molecule has 4 aromatic carbocycles. The van der Waals surface area contributed by atoms with E-state index in [-0.39, 0.29) is 33.2 Å². The molecule has 0 saturated carbocycles. The zero-order valence-electron chi connectivity index (χ0n) is 27.3. The van der Waals surface area contributed by atoms with Gasteiger partial charge in [-0.3, -0.25) is 0 Å². The van der Waals surface area contributed by atoms with Crippen LogP contribution in [0.2, 0.25) is 0 Å². The second-order valence-corrected chi connectivity index (χ2v) is 13.9. The largest absolute Gasteiger partial charge is 0.656 e. The number of rotatable bonds is 2. The smallest absolute Gasteiger partial charge is 0.0127 e. The predicted molar refractivity (Wildman–Crippen MR) is 182 cm³/mol. The summed E-state index contributed by atoms with van der Waals surface area (Å²) in [5.41, 5.74) is 12.9. The first-order chi connectivity index (χ1) is 19.7. The van der Waals surface area contributed by atoms with Crippen LogP contribution in [0.3, 0.4) is 0 Å². The van der Waals surface area contributed by atoms with Crippen LogP contribution in [0.15, 0.2) is 85.2 Å². The number of fused-ring (bicyclic) bond motifs is 3. The molecule has 43 heavy (non-hydrogen) atoms. The summed E-state index contributed by atoms with van der Waals surface area (Å²) in [4.78, 5) is 9.16. The summed E-state index contributed by atoms with van der Waals surface area (Å²) in [5, 5.41) is 2.59. The maximum Gasteiger partial charge on any atom is 0.0127 e. The van der Waals surface area contributed by atoms with Gasteiger partial charge in [-0.2, -0.15) is 0 Å². The van der Waals surface area contributed by atoms with E-state index in [0.29, 0.717) is 0 Å². The van der Waals surface area contributed by atoms with Crippen molar-refractivity contribution in [3.8, 4) is 0 Å². The molecule has 1 aliphatic heterocycles. The third-order valence-electron chi connectivity index (χ3n) is 8.06. The van der Waals surface area contributed by atoms with E-state index in [1.807, 2.05) is 0 Å². The van der Waals surface area contributed by atoms with Gasteiger partial charge in [-0.1, -0.05) is 112 Å². The minimum atomic E-state index is 0. The molecule has 1 aromatic heterocycles. The Bertz CT molecular complexity index is 1650. The molecule has 0 unspecified atom stereocenters. The fourth-order valence-electron chi connectivity index (χ4n) is 5.67. The van der Waals surface area contributed by atoms with E-state index in [0.717, 1.165) is 11.0 Å². The van der Waals surface area contributed by atoms with Crippen molar-refractivity contribution in [1.29, 1.82) is 0 Å². The van der Waals surface area contributed by atoms with Crippen LogP contribution in [0.4, 0.5) is 11.4 Å². The van der Waals surface area contributed by atoms with Gasteiger partial charge in [0.2, 0.25) is 0 Å². The van der Waals surface area contributed by atoms with Crippen molar-refractivity contribution in [2.45, 2.75) is 80.1 Å². The Morgan fingerprint density at radius 1 is 0.558 bits per heavy atom. The van der Waals surface area contributed by atoms with Crippen molar-refractivity contribution in [2.24, 2.45) is 0 Å². The molecule has 0 fully saturated rings. The van der Waals surface area contributed by atoms with E-state index in [1.54, 1.807) is 0 Å². The molecule has 0 N–H and O–H groups in total. The Hall–Kier alpha value is -3.24. The van der Waals surface area contributed by atoms with Gasteiger partial charge < -0.3 is 14.8 Å². The molecule has 3 nitrogen and oxygen atoms in total. The first-order valence-corrected chi connectivity index (χ1v) is 15.0. The standard InChI is InChI=1S/C23H29N2.C16H16N.Au/c1-22(2,3)18-9-7-11-20(15-18)24-13-14-25(17-24)21-12-8-10-19(16-21)23(4,5)6;1-9-5-11(3)15-13(7-9)14-8-10(2)6-12(4)16(14)17-15;/h7-17H,1-6H3;5-8H,1-4H3;/q2*-1;. The molecule has 4 heteroatoms. The van der Waals surface area contributed by atoms with Crippen LogP contribution < -0.4 is 14.8 Å². The summed E-state index contributed by atoms with van der Waals surface area (Å²) >= 11 is 0. The number of benzene rings is 4. The molecule has 229 valence electrons. The maximum atomic E-state index is 4.80. The third kappa shape index (κ3) is 7.12. The fraction of sp³-hybridized carbons (Fsp3) is 0.308. The van der Waals surface area contributed by atoms with Crippen molar-refractivity contribution in [3.63, 3.8) is 0 Å². The van der Waals surface area contributed by atoms with Gasteiger partial charge in [-0.15, -0.1) is 17.7 Å². The molecule has 0 saturated heterocycles. The molecule has 0 spiro atoms. The Morgan fingerprint density at radius 2 is 0.953 bits per heavy atom. The van der Waals surface area contributed by atoms with Crippen molar-refractivity contribution >= 4 is 33.2 Å². The number of aryl methyl sites for hydroxylation is 4. The van der Waals surface area contributed by atoms with Crippen molar-refractivity contribution in [2.75, 3.05) is 9.80 Å². The average Bonchev–Trinajstić information content (AvgIpc) is 3.55. The zero-order chi connectivity index (χ0) is 30.4. The van der Waals surface area contributed by atoms with E-state index in [2.05, 4.69) is 171 Å². The van der Waals surface area contributed by atoms with Gasteiger partial charge in [-0.25, -0.2) is 0 Å². The van der Waals surface area contributed by atoms with E-state index in [9.17, 15) is 0 Å². The zero-order valence-corrected chi connectivity index (χ0v) is 29.5. The summed E-state index contributed by atoms with van der Waals surface area (Å²) < 4.78 is 0. The topological polar surface area (TPSA) is 20.6 Å². The van der Waals surface area contributed by atoms with Crippen LogP contribution >= 0.6 is 0 Å². The van der Waals surface area contributed by atoms with Gasteiger partial charge in [-0.05, 0) is 97.1 Å². The number of hydrogen-bond donors (Lipinski definition) is 0. The van der Waals surface area contributed by atoms with Gasteiger partial charge in [0, 0.05) is 33.8 Å². The van der Waals surface area contributed by atoms with Gasteiger partial charge in [0.15, 0.2) is 0 Å². The number of aromatic nitrogens is 1. The summed E-state index contributed by atoms with van der Waals surface area (Å²) in [7, 11) is 0. The summed E-state index contributed by atoms with van der Waals surface area (Å²) in [5.74, 6) is 0. The second-order valence-electron chi connectivity index (χ2n) is 13.9. The SMILES string of the molecule is CC(C)(C)c1cccc(N2C=CN(c3cccc(C(C)(C)C)c3)[CH-]2)c1.Cc1cc(C)c2[n-]c3c(C)cc(C)cc3c2c1.[Au]. The van der Waals surface area contributed by atoms with Crippen LogP contribution in [0.25, 0.3) is 21.8 Å². The molecule has 0 amide bonds. The average molecular weight is 753 g/mol. The monoisotopic (exact) mass is 752 g/mol. The Labute approximate surface area is 274 Å². The molecule has 1 radical (unpaired) electrons. The van der Waals surface area contributed by atoms with Gasteiger partial charge in [0.05, 0.1) is 0 Å². The van der Waals surface area contributed by atoms with Gasteiger partial charge in [0.25, 0.3) is 0 Å². The van der Waals surface area contributed by atoms with Crippen LogP contribution in [0.1, 0.15) is 74.9 Å². The normalized spacial score (nSPS) is 13.3. The van der Waals surface area contributed by atoms with Crippen LogP contribution in [-0.2, 0) is 33.2 Å². The summed E-state index contributed by atoms with van der Waals surface area (Å²) in [6.45, 7) is 24.2. The van der Waals surface area contributed by atoms with E-state index >= 15 is 0 Å². The van der Waals surface area contributed by atoms with Crippen LogP contribution in [-0.4, -0.2) is 0 Å². The Morgan fingerprint density at radius 3 is 1.33 bits per heavy atom. The minimum absolute atomic E-state index is 0.